The number of aldehydes is 1. The largest absolute Gasteiger partial charge is 0.298 e. The minimum absolute atomic E-state index is 0.522. The van der Waals surface area contributed by atoms with Gasteiger partial charge in [0.15, 0.2) is 0 Å². The van der Waals surface area contributed by atoms with Gasteiger partial charge in [-0.3, -0.25) is 4.79 Å². The normalized spacial score (nSPS) is 9.00. The number of nitriles is 1. The first-order valence-corrected chi connectivity index (χ1v) is 4.47. The van der Waals surface area contributed by atoms with E-state index < -0.39 is 0 Å². The smallest absolute Gasteiger partial charge is 0.150 e. The summed E-state index contributed by atoms with van der Waals surface area (Å²) < 4.78 is 0. The van der Waals surface area contributed by atoms with Crippen LogP contribution in [0, 0.1) is 11.3 Å². The molecule has 0 saturated carbocycles. The molecule has 0 bridgehead atoms. The second-order valence-corrected chi connectivity index (χ2v) is 2.89. The van der Waals surface area contributed by atoms with Crippen LogP contribution in [0.25, 0.3) is 0 Å². The highest BCUT2D eigenvalue weighted by Crippen LogP contribution is 2.11. The molecule has 0 fully saturated rings. The van der Waals surface area contributed by atoms with Gasteiger partial charge in [-0.25, -0.2) is 0 Å². The molecular weight excluding hydrogens is 218 g/mol. The molecule has 0 atom stereocenters. The molecule has 0 saturated heterocycles. The average Bonchev–Trinajstić information content (AvgIpc) is 2.16. The van der Waals surface area contributed by atoms with Crippen molar-refractivity contribution < 1.29 is 4.79 Å². The van der Waals surface area contributed by atoms with Crippen LogP contribution in [0.1, 0.15) is 21.5 Å². The van der Waals surface area contributed by atoms with Crippen molar-refractivity contribution in [2.75, 3.05) is 0 Å². The van der Waals surface area contributed by atoms with Gasteiger partial charge in [0.05, 0.1) is 11.6 Å². The zero-order valence-electron chi connectivity index (χ0n) is 6.25. The number of alkyl halides is 1. The van der Waals surface area contributed by atoms with Gasteiger partial charge < -0.3 is 0 Å². The highest BCUT2D eigenvalue weighted by Gasteiger charge is 1.98. The van der Waals surface area contributed by atoms with Crippen molar-refractivity contribution in [1.82, 2.24) is 0 Å². The molecule has 0 unspecified atom stereocenters. The summed E-state index contributed by atoms with van der Waals surface area (Å²) in [5.41, 5.74) is 2.01. The van der Waals surface area contributed by atoms with E-state index in [2.05, 4.69) is 15.9 Å². The lowest BCUT2D eigenvalue weighted by Gasteiger charge is -1.97. The molecule has 3 heteroatoms. The number of nitrogens with zero attached hydrogens (tertiary/aromatic N) is 1. The quantitative estimate of drug-likeness (QED) is 0.571. The molecule has 1 aromatic carbocycles. The highest BCUT2D eigenvalue weighted by atomic mass is 79.9. The lowest BCUT2D eigenvalue weighted by Crippen LogP contribution is -1.86. The highest BCUT2D eigenvalue weighted by molar-refractivity contribution is 9.08. The average molecular weight is 224 g/mol. The zero-order chi connectivity index (χ0) is 8.97. The van der Waals surface area contributed by atoms with Crippen LogP contribution in [-0.4, -0.2) is 6.29 Å². The van der Waals surface area contributed by atoms with Gasteiger partial charge >= 0.3 is 0 Å². The summed E-state index contributed by atoms with van der Waals surface area (Å²) >= 11 is 3.26. The van der Waals surface area contributed by atoms with E-state index in [1.807, 2.05) is 6.07 Å². The first kappa shape index (κ1) is 8.95. The van der Waals surface area contributed by atoms with E-state index in [1.54, 1.807) is 18.2 Å². The topological polar surface area (TPSA) is 40.9 Å². The minimum Gasteiger partial charge on any atom is -0.298 e. The van der Waals surface area contributed by atoms with Gasteiger partial charge in [-0.1, -0.05) is 15.9 Å². The molecule has 1 aromatic rings. The van der Waals surface area contributed by atoms with E-state index in [9.17, 15) is 4.79 Å². The van der Waals surface area contributed by atoms with E-state index in [1.165, 1.54) is 0 Å². The van der Waals surface area contributed by atoms with Crippen LogP contribution in [0.4, 0.5) is 0 Å². The maximum atomic E-state index is 10.4. The first-order chi connectivity index (χ1) is 5.80. The molecule has 0 aliphatic heterocycles. The Morgan fingerprint density at radius 3 is 2.75 bits per heavy atom. The second-order valence-electron chi connectivity index (χ2n) is 2.33. The van der Waals surface area contributed by atoms with E-state index in [0.29, 0.717) is 16.5 Å². The fraction of sp³-hybridized carbons (Fsp3) is 0.111. The van der Waals surface area contributed by atoms with Crippen molar-refractivity contribution in [3.8, 4) is 6.07 Å². The summed E-state index contributed by atoms with van der Waals surface area (Å²) in [6.45, 7) is 0. The Morgan fingerprint density at radius 1 is 1.50 bits per heavy atom. The van der Waals surface area contributed by atoms with Crippen molar-refractivity contribution >= 4 is 22.2 Å². The number of halogens is 1. The predicted octanol–water partition coefficient (Wildman–Crippen LogP) is 2.27. The molecule has 0 N–H and O–H groups in total. The van der Waals surface area contributed by atoms with Gasteiger partial charge in [0.2, 0.25) is 0 Å². The predicted molar refractivity (Wildman–Crippen MR) is 49.2 cm³/mol. The number of carbonyl (C=O) groups excluding carboxylic acids is 1. The Labute approximate surface area is 78.9 Å². The summed E-state index contributed by atoms with van der Waals surface area (Å²) in [4.78, 5) is 10.4. The third-order valence-corrected chi connectivity index (χ3v) is 2.08. The van der Waals surface area contributed by atoms with E-state index in [-0.39, 0.29) is 0 Å². The van der Waals surface area contributed by atoms with Gasteiger partial charge in [-0.05, 0) is 23.8 Å². The molecular formula is C9H6BrNO. The van der Waals surface area contributed by atoms with Gasteiger partial charge in [0.1, 0.15) is 6.29 Å². The van der Waals surface area contributed by atoms with E-state index in [0.717, 1.165) is 11.8 Å². The van der Waals surface area contributed by atoms with Crippen LogP contribution in [0.15, 0.2) is 18.2 Å². The van der Waals surface area contributed by atoms with Crippen molar-refractivity contribution in [3.05, 3.63) is 34.9 Å². The fourth-order valence-corrected chi connectivity index (χ4v) is 1.25. The lowest BCUT2D eigenvalue weighted by atomic mass is 10.1. The van der Waals surface area contributed by atoms with Crippen molar-refractivity contribution in [1.29, 1.82) is 5.26 Å². The summed E-state index contributed by atoms with van der Waals surface area (Å²) in [5, 5.41) is 9.25. The maximum absolute atomic E-state index is 10.4. The molecule has 0 spiro atoms. The Morgan fingerprint density at radius 2 is 2.25 bits per heavy atom. The zero-order valence-corrected chi connectivity index (χ0v) is 7.84. The molecule has 0 aliphatic carbocycles. The Hall–Kier alpha value is -1.14. The van der Waals surface area contributed by atoms with E-state index in [4.69, 9.17) is 5.26 Å². The lowest BCUT2D eigenvalue weighted by molar-refractivity contribution is 0.112. The minimum atomic E-state index is 0.522. The summed E-state index contributed by atoms with van der Waals surface area (Å²) in [6.07, 6.45) is 0.743. The number of carbonyl (C=O) groups is 1. The van der Waals surface area contributed by atoms with Crippen LogP contribution < -0.4 is 0 Å². The molecule has 12 heavy (non-hydrogen) atoms. The second kappa shape index (κ2) is 4.03. The standard InChI is InChI=1S/C9H6BrNO/c10-4-7-1-8(5-11)3-9(2-7)6-12/h1-3,6H,4H2. The van der Waals surface area contributed by atoms with Gasteiger partial charge in [-0.2, -0.15) is 5.26 Å². The number of hydrogen-bond donors (Lipinski definition) is 0. The molecule has 0 heterocycles. The van der Waals surface area contributed by atoms with Crippen molar-refractivity contribution in [3.63, 3.8) is 0 Å². The Kier molecular flexibility index (Phi) is 3.01. The Bertz CT molecular complexity index is 341. The van der Waals surface area contributed by atoms with E-state index >= 15 is 0 Å². The molecule has 1 rings (SSSR count). The maximum Gasteiger partial charge on any atom is 0.150 e. The number of hydrogen-bond acceptors (Lipinski definition) is 2. The van der Waals surface area contributed by atoms with Crippen LogP contribution in [0.3, 0.4) is 0 Å². The third-order valence-electron chi connectivity index (χ3n) is 1.43. The summed E-state index contributed by atoms with van der Waals surface area (Å²) in [6, 6.07) is 7.07. The number of rotatable bonds is 2. The third kappa shape index (κ3) is 1.93. The molecule has 0 amide bonds. The molecule has 2 nitrogen and oxygen atoms in total. The van der Waals surface area contributed by atoms with Gasteiger partial charge in [0.25, 0.3) is 0 Å². The van der Waals surface area contributed by atoms with Crippen molar-refractivity contribution in [2.24, 2.45) is 0 Å². The molecule has 60 valence electrons. The Balaban J connectivity index is 3.21. The SMILES string of the molecule is N#Cc1cc(C=O)cc(CBr)c1. The van der Waals surface area contributed by atoms with Crippen molar-refractivity contribution in [2.45, 2.75) is 5.33 Å². The molecule has 0 aromatic heterocycles. The van der Waals surface area contributed by atoms with Crippen LogP contribution >= 0.6 is 15.9 Å². The first-order valence-electron chi connectivity index (χ1n) is 3.35. The van der Waals surface area contributed by atoms with Crippen LogP contribution in [0.5, 0.6) is 0 Å². The monoisotopic (exact) mass is 223 g/mol. The van der Waals surface area contributed by atoms with Gasteiger partial charge in [-0.15, -0.1) is 0 Å². The van der Waals surface area contributed by atoms with Crippen LogP contribution in [0.2, 0.25) is 0 Å². The van der Waals surface area contributed by atoms with Crippen LogP contribution in [-0.2, 0) is 5.33 Å². The molecule has 0 aliphatic rings. The summed E-state index contributed by atoms with van der Waals surface area (Å²) in [7, 11) is 0. The van der Waals surface area contributed by atoms with Gasteiger partial charge in [0, 0.05) is 10.9 Å². The molecule has 0 radical (unpaired) electrons. The summed E-state index contributed by atoms with van der Waals surface area (Å²) in [5.74, 6) is 0. The number of benzene rings is 1. The fourth-order valence-electron chi connectivity index (χ4n) is 0.928.